The van der Waals surface area contributed by atoms with E-state index in [9.17, 15) is 26.4 Å². The Balaban J connectivity index is 1.96. The molecule has 1 heterocycles. The minimum atomic E-state index is -4.54. The number of sulfonamides is 1. The van der Waals surface area contributed by atoms with Crippen molar-refractivity contribution in [2.45, 2.75) is 32.5 Å². The quantitative estimate of drug-likeness (QED) is 0.486. The minimum absolute atomic E-state index is 0.100. The van der Waals surface area contributed by atoms with Gasteiger partial charge in [-0.15, -0.1) is 0 Å². The number of aromatic nitrogens is 1. The first kappa shape index (κ1) is 26.4. The van der Waals surface area contributed by atoms with Crippen LogP contribution >= 0.6 is 0 Å². The number of alkyl halides is 3. The van der Waals surface area contributed by atoms with E-state index in [-0.39, 0.29) is 13.0 Å². The smallest absolute Gasteiger partial charge is 0.310 e. The van der Waals surface area contributed by atoms with Crippen LogP contribution < -0.4 is 9.62 Å². The van der Waals surface area contributed by atoms with E-state index >= 15 is 0 Å². The summed E-state index contributed by atoms with van der Waals surface area (Å²) in [5.41, 5.74) is 2.48. The summed E-state index contributed by atoms with van der Waals surface area (Å²) in [5.74, 6) is -0.509. The third-order valence-electron chi connectivity index (χ3n) is 5.52. The summed E-state index contributed by atoms with van der Waals surface area (Å²) in [4.78, 5) is 18.7. The average molecular weight is 506 g/mol. The molecule has 2 aromatic carbocycles. The van der Waals surface area contributed by atoms with Crippen molar-refractivity contribution < 1.29 is 26.4 Å². The van der Waals surface area contributed by atoms with Crippen LogP contribution in [-0.2, 0) is 27.4 Å². The number of pyridine rings is 1. The van der Waals surface area contributed by atoms with Crippen LogP contribution in [0.15, 0.2) is 66.9 Å². The molecular formula is C25H26F3N3O3S. The van der Waals surface area contributed by atoms with Crippen LogP contribution in [0.1, 0.15) is 34.0 Å². The Labute approximate surface area is 202 Å². The highest BCUT2D eigenvalue weighted by Gasteiger charge is 2.32. The van der Waals surface area contributed by atoms with E-state index in [1.165, 1.54) is 11.0 Å². The molecule has 0 aliphatic rings. The van der Waals surface area contributed by atoms with Gasteiger partial charge in [0.1, 0.15) is 11.7 Å². The van der Waals surface area contributed by atoms with Crippen molar-refractivity contribution in [1.29, 1.82) is 0 Å². The predicted octanol–water partition coefficient (Wildman–Crippen LogP) is 4.58. The molecule has 0 saturated carbocycles. The Morgan fingerprint density at radius 3 is 2.26 bits per heavy atom. The molecule has 0 radical (unpaired) electrons. The Kier molecular flexibility index (Phi) is 7.97. The normalized spacial score (nSPS) is 12.9. The van der Waals surface area contributed by atoms with Gasteiger partial charge < -0.3 is 4.90 Å². The highest BCUT2D eigenvalue weighted by molar-refractivity contribution is 7.88. The number of hydrogen-bond donors (Lipinski definition) is 1. The number of carbonyl (C=O) groups excluding carboxylic acids is 1. The molecule has 0 aliphatic heterocycles. The average Bonchev–Trinajstić information content (AvgIpc) is 2.79. The van der Waals surface area contributed by atoms with E-state index in [1.807, 2.05) is 26.0 Å². The molecule has 0 saturated heterocycles. The van der Waals surface area contributed by atoms with Crippen molar-refractivity contribution in [2.75, 3.05) is 17.7 Å². The monoisotopic (exact) mass is 505 g/mol. The molecule has 1 unspecified atom stereocenters. The van der Waals surface area contributed by atoms with Gasteiger partial charge in [-0.05, 0) is 60.7 Å². The molecule has 0 spiro atoms. The third-order valence-corrected chi connectivity index (χ3v) is 6.18. The van der Waals surface area contributed by atoms with Gasteiger partial charge >= 0.3 is 6.18 Å². The first-order chi connectivity index (χ1) is 16.3. The van der Waals surface area contributed by atoms with Crippen molar-refractivity contribution in [2.24, 2.45) is 0 Å². The van der Waals surface area contributed by atoms with Crippen LogP contribution in [0.25, 0.3) is 0 Å². The molecule has 0 fully saturated rings. The van der Waals surface area contributed by atoms with Crippen molar-refractivity contribution in [1.82, 2.24) is 9.71 Å². The summed E-state index contributed by atoms with van der Waals surface area (Å²) in [6.07, 6.45) is -2.22. The molecule has 186 valence electrons. The predicted molar refractivity (Wildman–Crippen MR) is 128 cm³/mol. The van der Waals surface area contributed by atoms with Gasteiger partial charge in [0.05, 0.1) is 6.26 Å². The summed E-state index contributed by atoms with van der Waals surface area (Å²) in [6.45, 7) is 3.92. The Morgan fingerprint density at radius 1 is 1.03 bits per heavy atom. The molecule has 1 aromatic heterocycles. The number of carbonyl (C=O) groups is 1. The summed E-state index contributed by atoms with van der Waals surface area (Å²) in [5, 5.41) is 0. The number of benzene rings is 2. The molecule has 10 heteroatoms. The summed E-state index contributed by atoms with van der Waals surface area (Å²) < 4.78 is 65.1. The highest BCUT2D eigenvalue weighted by atomic mass is 32.2. The SMILES string of the molecule is Cc1ccc(N(CCc2ccc(C(F)(F)F)nc2)C(=O)C(NS(C)(=O)=O)c2ccccc2)cc1C. The molecule has 6 nitrogen and oxygen atoms in total. The van der Waals surface area contributed by atoms with E-state index in [1.54, 1.807) is 36.4 Å². The van der Waals surface area contributed by atoms with Crippen LogP contribution in [0.2, 0.25) is 0 Å². The van der Waals surface area contributed by atoms with Crippen LogP contribution in [0.3, 0.4) is 0 Å². The van der Waals surface area contributed by atoms with Crippen LogP contribution in [0.5, 0.6) is 0 Å². The van der Waals surface area contributed by atoms with E-state index in [2.05, 4.69) is 9.71 Å². The summed E-state index contributed by atoms with van der Waals surface area (Å²) >= 11 is 0. The van der Waals surface area contributed by atoms with Crippen LogP contribution in [0.4, 0.5) is 18.9 Å². The zero-order chi connectivity index (χ0) is 25.8. The number of anilines is 1. The lowest BCUT2D eigenvalue weighted by molar-refractivity contribution is -0.141. The van der Waals surface area contributed by atoms with Gasteiger partial charge in [0.2, 0.25) is 15.9 Å². The molecule has 1 atom stereocenters. The second-order valence-corrected chi connectivity index (χ2v) is 10.1. The van der Waals surface area contributed by atoms with E-state index in [0.717, 1.165) is 29.6 Å². The number of hydrogen-bond acceptors (Lipinski definition) is 4. The molecule has 0 aliphatic carbocycles. The maximum atomic E-state index is 13.8. The number of nitrogens with zero attached hydrogens (tertiary/aromatic N) is 2. The second kappa shape index (κ2) is 10.6. The zero-order valence-corrected chi connectivity index (χ0v) is 20.3. The number of aryl methyl sites for hydroxylation is 2. The van der Waals surface area contributed by atoms with Crippen LogP contribution in [-0.4, -0.2) is 32.1 Å². The van der Waals surface area contributed by atoms with Gasteiger partial charge in [-0.1, -0.05) is 42.5 Å². The first-order valence-corrected chi connectivity index (χ1v) is 12.7. The van der Waals surface area contributed by atoms with E-state index in [0.29, 0.717) is 16.8 Å². The van der Waals surface area contributed by atoms with Gasteiger partial charge in [-0.25, -0.2) is 8.42 Å². The van der Waals surface area contributed by atoms with Gasteiger partial charge in [-0.3, -0.25) is 9.78 Å². The first-order valence-electron chi connectivity index (χ1n) is 10.8. The maximum absolute atomic E-state index is 13.8. The van der Waals surface area contributed by atoms with Gasteiger partial charge in [0.15, 0.2) is 0 Å². The lowest BCUT2D eigenvalue weighted by atomic mass is 10.0. The number of amides is 1. The molecule has 3 rings (SSSR count). The topological polar surface area (TPSA) is 79.4 Å². The second-order valence-electron chi connectivity index (χ2n) is 8.29. The maximum Gasteiger partial charge on any atom is 0.433 e. The van der Waals surface area contributed by atoms with Gasteiger partial charge in [0, 0.05) is 18.4 Å². The molecule has 0 bridgehead atoms. The fraction of sp³-hybridized carbons (Fsp3) is 0.280. The van der Waals surface area contributed by atoms with Crippen molar-refractivity contribution in [3.05, 3.63) is 94.8 Å². The van der Waals surface area contributed by atoms with Crippen molar-refractivity contribution in [3.8, 4) is 0 Å². The third kappa shape index (κ3) is 7.12. The highest BCUT2D eigenvalue weighted by Crippen LogP contribution is 2.28. The Hall–Kier alpha value is -3.24. The lowest BCUT2D eigenvalue weighted by Crippen LogP contribution is -2.43. The fourth-order valence-corrected chi connectivity index (χ4v) is 4.18. The Bertz CT molecular complexity index is 1280. The largest absolute Gasteiger partial charge is 0.433 e. The number of halogens is 3. The minimum Gasteiger partial charge on any atom is -0.310 e. The molecule has 1 N–H and O–H groups in total. The molecule has 3 aromatic rings. The van der Waals surface area contributed by atoms with E-state index < -0.39 is 33.8 Å². The standard InChI is InChI=1S/C25H26F3N3O3S/c1-17-9-11-21(15-18(17)2)31(14-13-19-10-12-22(29-16-19)25(26,27)28)24(32)23(30-35(3,33)34)20-7-5-4-6-8-20/h4-12,15-16,23,30H,13-14H2,1-3H3. The summed E-state index contributed by atoms with van der Waals surface area (Å²) in [6, 6.07) is 14.9. The zero-order valence-electron chi connectivity index (χ0n) is 19.5. The van der Waals surface area contributed by atoms with Crippen LogP contribution in [0, 0.1) is 13.8 Å². The Morgan fingerprint density at radius 2 is 1.71 bits per heavy atom. The van der Waals surface area contributed by atoms with E-state index in [4.69, 9.17) is 0 Å². The number of nitrogens with one attached hydrogen (secondary N) is 1. The van der Waals surface area contributed by atoms with Crippen molar-refractivity contribution >= 4 is 21.6 Å². The van der Waals surface area contributed by atoms with Crippen molar-refractivity contribution in [3.63, 3.8) is 0 Å². The summed E-state index contributed by atoms with van der Waals surface area (Å²) in [7, 11) is -3.75. The number of rotatable bonds is 8. The van der Waals surface area contributed by atoms with Gasteiger partial charge in [0.25, 0.3) is 0 Å². The molecule has 1 amide bonds. The molecular weight excluding hydrogens is 479 g/mol. The fourth-order valence-electron chi connectivity index (χ4n) is 3.52. The van der Waals surface area contributed by atoms with Gasteiger partial charge in [-0.2, -0.15) is 17.9 Å². The lowest BCUT2D eigenvalue weighted by Gasteiger charge is -2.28. The molecule has 35 heavy (non-hydrogen) atoms.